The van der Waals surface area contributed by atoms with Crippen LogP contribution in [0.2, 0.25) is 0 Å². The van der Waals surface area contributed by atoms with Crippen LogP contribution in [0.25, 0.3) is 0 Å². The average Bonchev–Trinajstić information content (AvgIpc) is 2.44. The zero-order valence-electron chi connectivity index (χ0n) is 12.9. The minimum Gasteiger partial charge on any atom is -0.481 e. The van der Waals surface area contributed by atoms with Crippen LogP contribution in [0, 0.1) is 11.8 Å². The van der Waals surface area contributed by atoms with Gasteiger partial charge in [0.1, 0.15) is 0 Å². The molecule has 7 heteroatoms. The summed E-state index contributed by atoms with van der Waals surface area (Å²) in [6, 6.07) is 4.86. The monoisotopic (exact) mass is 332 g/mol. The molecule has 128 valence electrons. The largest absolute Gasteiger partial charge is 0.481 e. The van der Waals surface area contributed by atoms with E-state index in [1.165, 1.54) is 6.07 Å². The van der Waals surface area contributed by atoms with Gasteiger partial charge in [-0.3, -0.25) is 9.59 Å². The van der Waals surface area contributed by atoms with Gasteiger partial charge in [-0.2, -0.15) is 13.2 Å². The molecule has 0 spiro atoms. The third kappa shape index (κ3) is 5.58. The molecular formula is C16H19F3O4. The van der Waals surface area contributed by atoms with Gasteiger partial charge in [0.2, 0.25) is 0 Å². The van der Waals surface area contributed by atoms with Crippen LogP contribution < -0.4 is 0 Å². The lowest BCUT2D eigenvalue weighted by atomic mass is 9.88. The van der Waals surface area contributed by atoms with Crippen molar-refractivity contribution in [3.63, 3.8) is 0 Å². The SMILES string of the molecule is CCOC(=O)C(C(=O)O)C(C)CCc1cccc(C(F)(F)F)c1. The van der Waals surface area contributed by atoms with Crippen LogP contribution in [0.4, 0.5) is 13.2 Å². The molecule has 0 heterocycles. The number of alkyl halides is 3. The first kappa shape index (κ1) is 19.0. The maximum Gasteiger partial charge on any atom is 0.416 e. The first-order valence-corrected chi connectivity index (χ1v) is 7.22. The number of rotatable bonds is 7. The van der Waals surface area contributed by atoms with Crippen molar-refractivity contribution in [2.45, 2.75) is 32.9 Å². The van der Waals surface area contributed by atoms with Gasteiger partial charge in [0.05, 0.1) is 12.2 Å². The van der Waals surface area contributed by atoms with Gasteiger partial charge in [-0.1, -0.05) is 25.1 Å². The Kier molecular flexibility index (Phi) is 6.60. The predicted molar refractivity (Wildman–Crippen MR) is 76.7 cm³/mol. The number of carbonyl (C=O) groups is 2. The summed E-state index contributed by atoms with van der Waals surface area (Å²) in [5.74, 6) is -3.99. The fourth-order valence-corrected chi connectivity index (χ4v) is 2.27. The maximum atomic E-state index is 12.7. The second-order valence-corrected chi connectivity index (χ2v) is 5.28. The van der Waals surface area contributed by atoms with Gasteiger partial charge in [0, 0.05) is 0 Å². The lowest BCUT2D eigenvalue weighted by molar-refractivity contribution is -0.160. The Bertz CT molecular complexity index is 555. The van der Waals surface area contributed by atoms with E-state index >= 15 is 0 Å². The van der Waals surface area contributed by atoms with E-state index < -0.39 is 35.5 Å². The van der Waals surface area contributed by atoms with Crippen LogP contribution >= 0.6 is 0 Å². The van der Waals surface area contributed by atoms with Crippen LogP contribution in [0.3, 0.4) is 0 Å². The molecule has 1 rings (SSSR count). The average molecular weight is 332 g/mol. The highest BCUT2D eigenvalue weighted by Gasteiger charge is 2.33. The molecule has 2 unspecified atom stereocenters. The smallest absolute Gasteiger partial charge is 0.416 e. The Hall–Kier alpha value is -2.05. The number of benzene rings is 1. The summed E-state index contributed by atoms with van der Waals surface area (Å²) in [4.78, 5) is 22.9. The van der Waals surface area contributed by atoms with Crippen molar-refractivity contribution in [2.24, 2.45) is 11.8 Å². The van der Waals surface area contributed by atoms with Gasteiger partial charge < -0.3 is 9.84 Å². The minimum atomic E-state index is -4.42. The third-order valence-electron chi connectivity index (χ3n) is 3.52. The Morgan fingerprint density at radius 2 is 1.96 bits per heavy atom. The van der Waals surface area contributed by atoms with E-state index in [2.05, 4.69) is 0 Å². The van der Waals surface area contributed by atoms with Crippen LogP contribution in [0.5, 0.6) is 0 Å². The summed E-state index contributed by atoms with van der Waals surface area (Å²) < 4.78 is 42.7. The van der Waals surface area contributed by atoms with E-state index in [0.29, 0.717) is 5.56 Å². The number of hydrogen-bond donors (Lipinski definition) is 1. The number of carboxylic acid groups (broad SMARTS) is 1. The minimum absolute atomic E-state index is 0.0724. The van der Waals surface area contributed by atoms with E-state index in [0.717, 1.165) is 12.1 Å². The molecule has 2 atom stereocenters. The summed E-state index contributed by atoms with van der Waals surface area (Å²) in [5, 5.41) is 9.14. The molecule has 0 aliphatic rings. The molecule has 0 fully saturated rings. The lowest BCUT2D eigenvalue weighted by Gasteiger charge is -2.18. The molecule has 1 aromatic rings. The number of hydrogen-bond acceptors (Lipinski definition) is 3. The van der Waals surface area contributed by atoms with E-state index in [-0.39, 0.29) is 19.4 Å². The summed E-state index contributed by atoms with van der Waals surface area (Å²) in [6.07, 6.45) is -3.92. The van der Waals surface area contributed by atoms with Crippen LogP contribution in [0.15, 0.2) is 24.3 Å². The molecule has 1 aromatic carbocycles. The van der Waals surface area contributed by atoms with E-state index in [9.17, 15) is 22.8 Å². The van der Waals surface area contributed by atoms with Crippen LogP contribution in [-0.2, 0) is 26.9 Å². The molecule has 0 amide bonds. The zero-order valence-corrected chi connectivity index (χ0v) is 12.9. The lowest BCUT2D eigenvalue weighted by Crippen LogP contribution is -2.32. The molecule has 0 aromatic heterocycles. The predicted octanol–water partition coefficient (Wildman–Crippen LogP) is 3.54. The Labute approximate surface area is 132 Å². The standard InChI is InChI=1S/C16H19F3O4/c1-3-23-15(22)13(14(20)21)10(2)7-8-11-5-4-6-12(9-11)16(17,18)19/h4-6,9-10,13H,3,7-8H2,1-2H3,(H,20,21). The molecule has 23 heavy (non-hydrogen) atoms. The van der Waals surface area contributed by atoms with E-state index in [1.807, 2.05) is 0 Å². The first-order valence-electron chi connectivity index (χ1n) is 7.22. The number of esters is 1. The van der Waals surface area contributed by atoms with Crippen LogP contribution in [0.1, 0.15) is 31.4 Å². The number of halogens is 3. The van der Waals surface area contributed by atoms with Crippen LogP contribution in [-0.4, -0.2) is 23.7 Å². The second-order valence-electron chi connectivity index (χ2n) is 5.28. The molecule has 0 aliphatic heterocycles. The molecule has 0 saturated heterocycles. The maximum absolute atomic E-state index is 12.7. The van der Waals surface area contributed by atoms with E-state index in [1.54, 1.807) is 19.9 Å². The topological polar surface area (TPSA) is 63.6 Å². The van der Waals surface area contributed by atoms with Crippen molar-refractivity contribution < 1.29 is 32.6 Å². The summed E-state index contributed by atoms with van der Waals surface area (Å²) >= 11 is 0. The van der Waals surface area contributed by atoms with Gasteiger partial charge in [-0.25, -0.2) is 0 Å². The van der Waals surface area contributed by atoms with Crippen molar-refractivity contribution in [3.8, 4) is 0 Å². The third-order valence-corrected chi connectivity index (χ3v) is 3.52. The number of aliphatic carboxylic acids is 1. The highest BCUT2D eigenvalue weighted by Crippen LogP contribution is 2.30. The number of carboxylic acids is 1. The van der Waals surface area contributed by atoms with E-state index in [4.69, 9.17) is 9.84 Å². The van der Waals surface area contributed by atoms with Crippen molar-refractivity contribution in [2.75, 3.05) is 6.61 Å². The Balaban J connectivity index is 2.76. The Morgan fingerprint density at radius 1 is 1.30 bits per heavy atom. The number of aryl methyl sites for hydroxylation is 1. The Morgan fingerprint density at radius 3 is 2.48 bits per heavy atom. The molecule has 0 saturated carbocycles. The molecule has 0 radical (unpaired) electrons. The summed E-state index contributed by atoms with van der Waals surface area (Å²) in [7, 11) is 0. The molecule has 0 bridgehead atoms. The van der Waals surface area contributed by atoms with Gasteiger partial charge >= 0.3 is 18.1 Å². The highest BCUT2D eigenvalue weighted by atomic mass is 19.4. The van der Waals surface area contributed by atoms with Crippen molar-refractivity contribution in [1.29, 1.82) is 0 Å². The van der Waals surface area contributed by atoms with Gasteiger partial charge in [0.15, 0.2) is 5.92 Å². The normalized spacial score (nSPS) is 14.1. The van der Waals surface area contributed by atoms with Crippen molar-refractivity contribution in [1.82, 2.24) is 0 Å². The fourth-order valence-electron chi connectivity index (χ4n) is 2.27. The number of ether oxygens (including phenoxy) is 1. The molecule has 4 nitrogen and oxygen atoms in total. The fraction of sp³-hybridized carbons (Fsp3) is 0.500. The van der Waals surface area contributed by atoms with Gasteiger partial charge in [0.25, 0.3) is 0 Å². The van der Waals surface area contributed by atoms with Crippen molar-refractivity contribution in [3.05, 3.63) is 35.4 Å². The quantitative estimate of drug-likeness (QED) is 0.613. The first-order chi connectivity index (χ1) is 10.7. The summed E-state index contributed by atoms with van der Waals surface area (Å²) in [5.41, 5.74) is -0.303. The molecule has 0 aliphatic carbocycles. The summed E-state index contributed by atoms with van der Waals surface area (Å²) in [6.45, 7) is 3.22. The zero-order chi connectivity index (χ0) is 17.6. The molecular weight excluding hydrogens is 313 g/mol. The highest BCUT2D eigenvalue weighted by molar-refractivity contribution is 5.94. The van der Waals surface area contributed by atoms with Gasteiger partial charge in [-0.05, 0) is 37.3 Å². The van der Waals surface area contributed by atoms with Gasteiger partial charge in [-0.15, -0.1) is 0 Å². The molecule has 1 N–H and O–H groups in total. The van der Waals surface area contributed by atoms with Crippen molar-refractivity contribution >= 4 is 11.9 Å². The second kappa shape index (κ2) is 7.99. The number of carbonyl (C=O) groups excluding carboxylic acids is 1.